The van der Waals surface area contributed by atoms with E-state index < -0.39 is 0 Å². The summed E-state index contributed by atoms with van der Waals surface area (Å²) in [4.78, 5) is 13.5. The highest BCUT2D eigenvalue weighted by atomic mass is 16.2. The van der Waals surface area contributed by atoms with Crippen molar-refractivity contribution in [3.05, 3.63) is 0 Å². The van der Waals surface area contributed by atoms with Crippen LogP contribution in [0.1, 0.15) is 19.3 Å². The summed E-state index contributed by atoms with van der Waals surface area (Å²) < 4.78 is 0. The number of nitrogens with one attached hydrogen (secondary N) is 1. The van der Waals surface area contributed by atoms with E-state index in [4.69, 9.17) is 0 Å². The molecule has 3 rings (SSSR count). The van der Waals surface area contributed by atoms with E-state index >= 15 is 0 Å². The first kappa shape index (κ1) is 7.65. The van der Waals surface area contributed by atoms with Gasteiger partial charge in [0.2, 0.25) is 0 Å². The van der Waals surface area contributed by atoms with Crippen molar-refractivity contribution in [2.75, 3.05) is 13.6 Å². The molecule has 3 nitrogen and oxygen atoms in total. The van der Waals surface area contributed by atoms with Crippen LogP contribution in [0, 0.1) is 17.8 Å². The third-order valence-corrected chi connectivity index (χ3v) is 4.28. The molecular weight excluding hydrogens is 164 g/mol. The van der Waals surface area contributed by atoms with Gasteiger partial charge in [-0.1, -0.05) is 0 Å². The number of fused-ring (bicyclic) bond motifs is 5. The highest BCUT2D eigenvalue weighted by Crippen LogP contribution is 2.55. The molecule has 72 valence electrons. The van der Waals surface area contributed by atoms with Crippen molar-refractivity contribution >= 4 is 6.03 Å². The number of likely N-dealkylation sites (tertiary alicyclic amines) is 1. The van der Waals surface area contributed by atoms with Crippen LogP contribution in [-0.2, 0) is 0 Å². The summed E-state index contributed by atoms with van der Waals surface area (Å²) >= 11 is 0. The molecule has 3 aliphatic rings. The van der Waals surface area contributed by atoms with Crippen LogP contribution in [0.2, 0.25) is 0 Å². The third kappa shape index (κ3) is 0.825. The van der Waals surface area contributed by atoms with E-state index in [9.17, 15) is 4.79 Å². The lowest BCUT2D eigenvalue weighted by Crippen LogP contribution is -2.62. The van der Waals surface area contributed by atoms with Gasteiger partial charge in [-0.15, -0.1) is 0 Å². The van der Waals surface area contributed by atoms with Gasteiger partial charge in [-0.2, -0.15) is 0 Å². The molecule has 0 aromatic rings. The minimum atomic E-state index is 0.133. The van der Waals surface area contributed by atoms with Gasteiger partial charge in [-0.25, -0.2) is 4.79 Å². The number of carbonyl (C=O) groups is 1. The monoisotopic (exact) mass is 180 g/mol. The third-order valence-electron chi connectivity index (χ3n) is 4.28. The second-order valence-corrected chi connectivity index (χ2v) is 4.70. The van der Waals surface area contributed by atoms with Crippen LogP contribution in [0.15, 0.2) is 0 Å². The Morgan fingerprint density at radius 3 is 2.85 bits per heavy atom. The number of amides is 2. The first-order chi connectivity index (χ1) is 6.31. The summed E-state index contributed by atoms with van der Waals surface area (Å²) in [5, 5.41) is 2.73. The highest BCUT2D eigenvalue weighted by Gasteiger charge is 2.57. The maximum Gasteiger partial charge on any atom is 0.317 e. The standard InChI is InChI=1S/C10H16N2O/c1-11-10(13)12-5-8-6-2-3-7(4-6)9(8)12/h6-9H,2-5H2,1H3,(H,11,13). The van der Waals surface area contributed by atoms with Crippen molar-refractivity contribution in [2.24, 2.45) is 17.8 Å². The normalized spacial score (nSPS) is 45.8. The Balaban J connectivity index is 1.75. The molecule has 2 bridgehead atoms. The van der Waals surface area contributed by atoms with E-state index in [1.165, 1.54) is 19.3 Å². The number of urea groups is 1. The van der Waals surface area contributed by atoms with Crippen molar-refractivity contribution in [3.63, 3.8) is 0 Å². The number of nitrogens with zero attached hydrogens (tertiary/aromatic N) is 1. The Labute approximate surface area is 78.5 Å². The fourth-order valence-corrected chi connectivity index (χ4v) is 3.70. The fraction of sp³-hybridized carbons (Fsp3) is 0.900. The molecule has 0 aromatic heterocycles. The van der Waals surface area contributed by atoms with E-state index in [0.717, 1.165) is 24.3 Å². The zero-order valence-corrected chi connectivity index (χ0v) is 7.99. The van der Waals surface area contributed by atoms with E-state index in [-0.39, 0.29) is 6.03 Å². The van der Waals surface area contributed by atoms with Crippen LogP contribution in [0.5, 0.6) is 0 Å². The van der Waals surface area contributed by atoms with Crippen molar-refractivity contribution in [3.8, 4) is 0 Å². The van der Waals surface area contributed by atoms with Gasteiger partial charge in [0.15, 0.2) is 0 Å². The molecule has 2 amide bonds. The van der Waals surface area contributed by atoms with Crippen LogP contribution in [0.4, 0.5) is 4.79 Å². The highest BCUT2D eigenvalue weighted by molar-refractivity contribution is 5.75. The Morgan fingerprint density at radius 2 is 2.15 bits per heavy atom. The Kier molecular flexibility index (Phi) is 1.41. The summed E-state index contributed by atoms with van der Waals surface area (Å²) in [5.41, 5.74) is 0. The largest absolute Gasteiger partial charge is 0.341 e. The molecule has 3 fully saturated rings. The van der Waals surface area contributed by atoms with Gasteiger partial charge in [0.25, 0.3) is 0 Å². The predicted molar refractivity (Wildman–Crippen MR) is 49.3 cm³/mol. The predicted octanol–water partition coefficient (Wildman–Crippen LogP) is 1.06. The van der Waals surface area contributed by atoms with Crippen molar-refractivity contribution < 1.29 is 4.79 Å². The molecule has 4 atom stereocenters. The van der Waals surface area contributed by atoms with E-state index in [2.05, 4.69) is 5.32 Å². The number of rotatable bonds is 0. The van der Waals surface area contributed by atoms with E-state index in [1.807, 2.05) is 4.90 Å². The maximum absolute atomic E-state index is 11.4. The van der Waals surface area contributed by atoms with Crippen LogP contribution in [-0.4, -0.2) is 30.6 Å². The molecule has 4 unspecified atom stereocenters. The second kappa shape index (κ2) is 2.40. The van der Waals surface area contributed by atoms with Gasteiger partial charge in [0, 0.05) is 25.6 Å². The van der Waals surface area contributed by atoms with E-state index in [0.29, 0.717) is 6.04 Å². The Bertz CT molecular complexity index is 251. The smallest absolute Gasteiger partial charge is 0.317 e. The lowest BCUT2D eigenvalue weighted by atomic mass is 9.77. The lowest BCUT2D eigenvalue weighted by molar-refractivity contribution is 0.0130. The molecule has 13 heavy (non-hydrogen) atoms. The summed E-state index contributed by atoms with van der Waals surface area (Å²) in [6.07, 6.45) is 4.18. The quantitative estimate of drug-likeness (QED) is 0.594. The molecule has 3 heteroatoms. The van der Waals surface area contributed by atoms with Crippen molar-refractivity contribution in [2.45, 2.75) is 25.3 Å². The number of hydrogen-bond acceptors (Lipinski definition) is 1. The van der Waals surface area contributed by atoms with Gasteiger partial charge in [0.1, 0.15) is 0 Å². The second-order valence-electron chi connectivity index (χ2n) is 4.70. The first-order valence-corrected chi connectivity index (χ1v) is 5.29. The molecule has 1 saturated heterocycles. The minimum Gasteiger partial charge on any atom is -0.341 e. The molecule has 1 heterocycles. The molecule has 1 aliphatic heterocycles. The zero-order chi connectivity index (χ0) is 9.00. The molecule has 0 spiro atoms. The molecular formula is C10H16N2O. The van der Waals surface area contributed by atoms with Gasteiger partial charge in [-0.3, -0.25) is 0 Å². The number of hydrogen-bond donors (Lipinski definition) is 1. The van der Waals surface area contributed by atoms with Crippen LogP contribution in [0.3, 0.4) is 0 Å². The zero-order valence-electron chi connectivity index (χ0n) is 7.99. The summed E-state index contributed by atoms with van der Waals surface area (Å²) in [6, 6.07) is 0.743. The SMILES string of the molecule is CNC(=O)N1CC2C3CCC(C3)C21. The fourth-order valence-electron chi connectivity index (χ4n) is 3.70. The Morgan fingerprint density at radius 1 is 1.38 bits per heavy atom. The van der Waals surface area contributed by atoms with Gasteiger partial charge < -0.3 is 10.2 Å². The summed E-state index contributed by atoms with van der Waals surface area (Å²) in [6.45, 7) is 1.02. The topological polar surface area (TPSA) is 32.3 Å². The van der Waals surface area contributed by atoms with Gasteiger partial charge in [-0.05, 0) is 31.1 Å². The lowest BCUT2D eigenvalue weighted by Gasteiger charge is -2.50. The molecule has 1 N–H and O–H groups in total. The van der Waals surface area contributed by atoms with Crippen LogP contribution < -0.4 is 5.32 Å². The van der Waals surface area contributed by atoms with Gasteiger partial charge >= 0.3 is 6.03 Å². The Hall–Kier alpha value is -0.730. The molecule has 2 aliphatic carbocycles. The summed E-state index contributed by atoms with van der Waals surface area (Å²) in [7, 11) is 1.73. The first-order valence-electron chi connectivity index (χ1n) is 5.29. The minimum absolute atomic E-state index is 0.133. The molecule has 2 saturated carbocycles. The van der Waals surface area contributed by atoms with E-state index in [1.54, 1.807) is 7.05 Å². The van der Waals surface area contributed by atoms with Crippen molar-refractivity contribution in [1.29, 1.82) is 0 Å². The number of carbonyl (C=O) groups excluding carboxylic acids is 1. The van der Waals surface area contributed by atoms with Crippen LogP contribution in [0.25, 0.3) is 0 Å². The maximum atomic E-state index is 11.4. The van der Waals surface area contributed by atoms with Crippen molar-refractivity contribution in [1.82, 2.24) is 10.2 Å². The van der Waals surface area contributed by atoms with Gasteiger partial charge in [0.05, 0.1) is 0 Å². The van der Waals surface area contributed by atoms with Crippen LogP contribution >= 0.6 is 0 Å². The average Bonchev–Trinajstić information content (AvgIpc) is 2.59. The average molecular weight is 180 g/mol. The summed E-state index contributed by atoms with van der Waals surface area (Å²) in [5.74, 6) is 2.65. The molecule has 0 radical (unpaired) electrons. The molecule has 0 aromatic carbocycles.